The van der Waals surface area contributed by atoms with Gasteiger partial charge in [-0.3, -0.25) is 4.90 Å². The number of methoxy groups -OCH3 is 1. The third kappa shape index (κ3) is 4.14. The lowest BCUT2D eigenvalue weighted by molar-refractivity contribution is 0.125. The maximum absolute atomic E-state index is 9.04. The fourth-order valence-electron chi connectivity index (χ4n) is 1.78. The summed E-state index contributed by atoms with van der Waals surface area (Å²) in [6.45, 7) is 2.77. The van der Waals surface area contributed by atoms with E-state index >= 15 is 0 Å². The van der Waals surface area contributed by atoms with Gasteiger partial charge in [-0.15, -0.1) is 11.3 Å². The second kappa shape index (κ2) is 7.40. The molecular weight excluding hydrogens is 264 g/mol. The largest absolute Gasteiger partial charge is 0.395 e. The van der Waals surface area contributed by atoms with Gasteiger partial charge in [0.15, 0.2) is 5.76 Å². The van der Waals surface area contributed by atoms with Crippen LogP contribution in [-0.2, 0) is 11.3 Å². The number of thiophene rings is 1. The summed E-state index contributed by atoms with van der Waals surface area (Å²) in [5.74, 6) is 0.792. The maximum Gasteiger partial charge on any atom is 0.177 e. The molecule has 0 atom stereocenters. The summed E-state index contributed by atoms with van der Waals surface area (Å²) in [5.41, 5.74) is 0.868. The lowest BCUT2D eigenvalue weighted by Crippen LogP contribution is -2.29. The van der Waals surface area contributed by atoms with Gasteiger partial charge in [-0.2, -0.15) is 0 Å². The number of hydrogen-bond donors (Lipinski definition) is 1. The van der Waals surface area contributed by atoms with Crippen molar-refractivity contribution >= 4 is 11.3 Å². The second-order valence-corrected chi connectivity index (χ2v) is 5.10. The van der Waals surface area contributed by atoms with Crippen LogP contribution >= 0.6 is 11.3 Å². The van der Waals surface area contributed by atoms with E-state index in [0.29, 0.717) is 19.7 Å². The summed E-state index contributed by atoms with van der Waals surface area (Å²) in [6.07, 6.45) is 0. The average molecular weight is 282 g/mol. The van der Waals surface area contributed by atoms with Gasteiger partial charge >= 0.3 is 0 Å². The summed E-state index contributed by atoms with van der Waals surface area (Å²) in [7, 11) is 1.67. The zero-order valence-corrected chi connectivity index (χ0v) is 11.7. The molecule has 6 heteroatoms. The summed E-state index contributed by atoms with van der Waals surface area (Å²) in [4.78, 5) is 3.16. The predicted octanol–water partition coefficient (Wildman–Crippen LogP) is 1.84. The molecule has 0 bridgehead atoms. The third-order valence-electron chi connectivity index (χ3n) is 2.74. The molecule has 0 saturated heterocycles. The van der Waals surface area contributed by atoms with E-state index in [1.807, 2.05) is 23.6 Å². The average Bonchev–Trinajstić information content (AvgIpc) is 3.06. The molecule has 0 saturated carbocycles. The van der Waals surface area contributed by atoms with Crippen LogP contribution < -0.4 is 0 Å². The first-order valence-electron chi connectivity index (χ1n) is 6.15. The molecule has 2 aromatic heterocycles. The minimum atomic E-state index is 0.124. The maximum atomic E-state index is 9.04. The Bertz CT molecular complexity index is 470. The van der Waals surface area contributed by atoms with Crippen LogP contribution in [0.5, 0.6) is 0 Å². The SMILES string of the molecule is COCCN(CCO)Cc1cc(-c2cccs2)on1. The van der Waals surface area contributed by atoms with Crippen molar-refractivity contribution in [2.75, 3.05) is 33.4 Å². The Morgan fingerprint density at radius 1 is 1.47 bits per heavy atom. The van der Waals surface area contributed by atoms with Crippen LogP contribution in [0.4, 0.5) is 0 Å². The number of hydrogen-bond acceptors (Lipinski definition) is 6. The van der Waals surface area contributed by atoms with Crippen molar-refractivity contribution in [3.8, 4) is 10.6 Å². The van der Waals surface area contributed by atoms with Crippen molar-refractivity contribution < 1.29 is 14.4 Å². The molecule has 2 rings (SSSR count). The Morgan fingerprint density at radius 3 is 3.05 bits per heavy atom. The number of rotatable bonds is 8. The van der Waals surface area contributed by atoms with Crippen LogP contribution in [0.25, 0.3) is 10.6 Å². The molecule has 19 heavy (non-hydrogen) atoms. The van der Waals surface area contributed by atoms with E-state index in [1.54, 1.807) is 18.4 Å². The summed E-state index contributed by atoms with van der Waals surface area (Å²) in [5, 5.41) is 15.1. The molecule has 0 amide bonds. The Hall–Kier alpha value is -1.21. The van der Waals surface area contributed by atoms with Gasteiger partial charge in [-0.25, -0.2) is 0 Å². The first-order valence-corrected chi connectivity index (χ1v) is 7.03. The summed E-state index contributed by atoms with van der Waals surface area (Å²) < 4.78 is 10.4. The van der Waals surface area contributed by atoms with Gasteiger partial charge in [-0.1, -0.05) is 11.2 Å². The first-order chi connectivity index (χ1) is 9.33. The minimum absolute atomic E-state index is 0.124. The lowest BCUT2D eigenvalue weighted by Gasteiger charge is -2.18. The minimum Gasteiger partial charge on any atom is -0.395 e. The van der Waals surface area contributed by atoms with E-state index in [4.69, 9.17) is 14.4 Å². The van der Waals surface area contributed by atoms with Crippen molar-refractivity contribution in [1.29, 1.82) is 0 Å². The number of nitrogens with zero attached hydrogens (tertiary/aromatic N) is 2. The van der Waals surface area contributed by atoms with Crippen LogP contribution in [-0.4, -0.2) is 48.6 Å². The fraction of sp³-hybridized carbons (Fsp3) is 0.462. The molecule has 104 valence electrons. The molecule has 0 fully saturated rings. The normalized spacial score (nSPS) is 11.3. The highest BCUT2D eigenvalue weighted by Gasteiger charge is 2.11. The number of aromatic nitrogens is 1. The Labute approximate surface area is 116 Å². The molecule has 2 aromatic rings. The molecule has 5 nitrogen and oxygen atoms in total. The molecule has 0 aromatic carbocycles. The molecule has 0 spiro atoms. The zero-order chi connectivity index (χ0) is 13.5. The van der Waals surface area contributed by atoms with Crippen molar-refractivity contribution in [2.24, 2.45) is 0 Å². The number of aliphatic hydroxyl groups is 1. The van der Waals surface area contributed by atoms with E-state index in [1.165, 1.54) is 0 Å². The van der Waals surface area contributed by atoms with Gasteiger partial charge in [0.25, 0.3) is 0 Å². The van der Waals surface area contributed by atoms with Crippen LogP contribution in [0.2, 0.25) is 0 Å². The zero-order valence-electron chi connectivity index (χ0n) is 10.9. The van der Waals surface area contributed by atoms with Crippen molar-refractivity contribution in [1.82, 2.24) is 10.1 Å². The Balaban J connectivity index is 1.97. The lowest BCUT2D eigenvalue weighted by atomic mass is 10.3. The topological polar surface area (TPSA) is 58.7 Å². The highest BCUT2D eigenvalue weighted by Crippen LogP contribution is 2.25. The molecule has 1 N–H and O–H groups in total. The summed E-state index contributed by atoms with van der Waals surface area (Å²) in [6, 6.07) is 5.94. The summed E-state index contributed by atoms with van der Waals surface area (Å²) >= 11 is 1.63. The van der Waals surface area contributed by atoms with Crippen molar-refractivity contribution in [2.45, 2.75) is 6.54 Å². The van der Waals surface area contributed by atoms with Crippen molar-refractivity contribution in [3.63, 3.8) is 0 Å². The molecule has 0 aliphatic heterocycles. The standard InChI is InChI=1S/C13H18N2O3S/c1-17-7-5-15(4-6-16)10-11-9-12(18-14-11)13-3-2-8-19-13/h2-3,8-9,16H,4-7,10H2,1H3. The van der Waals surface area contributed by atoms with Gasteiger partial charge in [0.05, 0.1) is 23.8 Å². The molecule has 0 aliphatic rings. The molecule has 0 aliphatic carbocycles. The van der Waals surface area contributed by atoms with Crippen LogP contribution in [0, 0.1) is 0 Å². The van der Waals surface area contributed by atoms with Crippen LogP contribution in [0.3, 0.4) is 0 Å². The molecule has 0 radical (unpaired) electrons. The van der Waals surface area contributed by atoms with Crippen molar-refractivity contribution in [3.05, 3.63) is 29.3 Å². The smallest absolute Gasteiger partial charge is 0.177 e. The van der Waals surface area contributed by atoms with Gasteiger partial charge in [-0.05, 0) is 11.4 Å². The van der Waals surface area contributed by atoms with Gasteiger partial charge < -0.3 is 14.4 Å². The third-order valence-corrected chi connectivity index (χ3v) is 3.62. The predicted molar refractivity (Wildman–Crippen MR) is 74.1 cm³/mol. The fourth-order valence-corrected chi connectivity index (χ4v) is 2.46. The molecular formula is C13H18N2O3S. The van der Waals surface area contributed by atoms with Crippen LogP contribution in [0.1, 0.15) is 5.69 Å². The highest BCUT2D eigenvalue weighted by molar-refractivity contribution is 7.13. The number of aliphatic hydroxyl groups excluding tert-OH is 1. The molecule has 2 heterocycles. The van der Waals surface area contributed by atoms with E-state index < -0.39 is 0 Å². The van der Waals surface area contributed by atoms with E-state index in [0.717, 1.165) is 22.9 Å². The van der Waals surface area contributed by atoms with E-state index in [9.17, 15) is 0 Å². The van der Waals surface area contributed by atoms with E-state index in [-0.39, 0.29) is 6.61 Å². The Morgan fingerprint density at radius 2 is 2.37 bits per heavy atom. The van der Waals surface area contributed by atoms with Gasteiger partial charge in [0.1, 0.15) is 0 Å². The molecule has 0 unspecified atom stereocenters. The Kier molecular flexibility index (Phi) is 5.53. The first kappa shape index (κ1) is 14.2. The van der Waals surface area contributed by atoms with Gasteiger partial charge in [0, 0.05) is 32.8 Å². The quantitative estimate of drug-likeness (QED) is 0.800. The highest BCUT2D eigenvalue weighted by atomic mass is 32.1. The number of ether oxygens (including phenoxy) is 1. The second-order valence-electron chi connectivity index (χ2n) is 4.15. The van der Waals surface area contributed by atoms with Gasteiger partial charge in [0.2, 0.25) is 0 Å². The van der Waals surface area contributed by atoms with E-state index in [2.05, 4.69) is 10.1 Å². The monoisotopic (exact) mass is 282 g/mol. The van der Waals surface area contributed by atoms with Crippen LogP contribution in [0.15, 0.2) is 28.1 Å².